The van der Waals surface area contributed by atoms with Gasteiger partial charge >= 0.3 is 6.18 Å². The molecule has 0 aromatic carbocycles. The molecule has 2 rings (SSSR count). The zero-order chi connectivity index (χ0) is 11.1. The molecular formula is C8H5F3N4. The Labute approximate surface area is 82.1 Å². The lowest BCUT2D eigenvalue weighted by Crippen LogP contribution is -2.05. The Morgan fingerprint density at radius 3 is 2.73 bits per heavy atom. The van der Waals surface area contributed by atoms with Crippen LogP contribution in [0, 0.1) is 11.3 Å². The summed E-state index contributed by atoms with van der Waals surface area (Å²) in [5.41, 5.74) is -0.700. The van der Waals surface area contributed by atoms with E-state index in [-0.39, 0.29) is 12.2 Å². The number of nitrogens with zero attached hydrogens (tertiary/aromatic N) is 4. The number of halogens is 3. The highest BCUT2D eigenvalue weighted by atomic mass is 19.4. The molecular weight excluding hydrogens is 209 g/mol. The summed E-state index contributed by atoms with van der Waals surface area (Å²) in [6, 6.07) is 2.76. The third-order valence-corrected chi connectivity index (χ3v) is 1.93. The van der Waals surface area contributed by atoms with Crippen molar-refractivity contribution in [3.8, 4) is 6.07 Å². The summed E-state index contributed by atoms with van der Waals surface area (Å²) in [7, 11) is 0. The molecule has 0 radical (unpaired) electrons. The van der Waals surface area contributed by atoms with Gasteiger partial charge < -0.3 is 4.57 Å². The van der Waals surface area contributed by atoms with E-state index in [9.17, 15) is 13.2 Å². The maximum absolute atomic E-state index is 12.3. The maximum Gasteiger partial charge on any atom is 0.435 e. The molecule has 0 atom stereocenters. The molecule has 0 aliphatic carbocycles. The Hall–Kier alpha value is -1.97. The fourth-order valence-electron chi connectivity index (χ4n) is 1.28. The third-order valence-electron chi connectivity index (χ3n) is 1.93. The molecule has 0 N–H and O–H groups in total. The predicted octanol–water partition coefficient (Wildman–Crippen LogP) is 1.68. The lowest BCUT2D eigenvalue weighted by atomic mass is 10.4. The van der Waals surface area contributed by atoms with Crippen LogP contribution >= 0.6 is 0 Å². The highest BCUT2D eigenvalue weighted by molar-refractivity contribution is 5.42. The topological polar surface area (TPSA) is 46.0 Å². The molecule has 0 spiro atoms. The van der Waals surface area contributed by atoms with Gasteiger partial charge in [-0.15, -0.1) is 0 Å². The van der Waals surface area contributed by atoms with Crippen molar-refractivity contribution in [3.63, 3.8) is 0 Å². The zero-order valence-electron chi connectivity index (χ0n) is 7.36. The fraction of sp³-hybridized carbons (Fsp3) is 0.250. The van der Waals surface area contributed by atoms with Crippen LogP contribution in [0.5, 0.6) is 0 Å². The van der Waals surface area contributed by atoms with Gasteiger partial charge in [-0.1, -0.05) is 0 Å². The van der Waals surface area contributed by atoms with Crippen molar-refractivity contribution in [3.05, 3.63) is 24.2 Å². The number of fused-ring (bicyclic) bond motifs is 1. The van der Waals surface area contributed by atoms with Crippen LogP contribution < -0.4 is 0 Å². The molecule has 2 aromatic heterocycles. The monoisotopic (exact) mass is 214 g/mol. The van der Waals surface area contributed by atoms with E-state index in [0.29, 0.717) is 0 Å². The predicted molar refractivity (Wildman–Crippen MR) is 43.8 cm³/mol. The first-order chi connectivity index (χ1) is 7.02. The SMILES string of the molecule is N#CCn1ccn2nc(C(F)(F)F)cc12. The largest absolute Gasteiger partial charge is 0.435 e. The van der Waals surface area contributed by atoms with Gasteiger partial charge in [0.1, 0.15) is 12.2 Å². The first kappa shape index (κ1) is 9.58. The normalized spacial score (nSPS) is 11.9. The van der Waals surface area contributed by atoms with Crippen molar-refractivity contribution in [1.82, 2.24) is 14.2 Å². The number of nitriles is 1. The molecule has 15 heavy (non-hydrogen) atoms. The third kappa shape index (κ3) is 1.54. The van der Waals surface area contributed by atoms with Gasteiger partial charge in [0, 0.05) is 18.5 Å². The molecule has 0 amide bonds. The van der Waals surface area contributed by atoms with Gasteiger partial charge in [0.05, 0.1) is 6.07 Å². The van der Waals surface area contributed by atoms with Gasteiger partial charge in [0.25, 0.3) is 0 Å². The van der Waals surface area contributed by atoms with Crippen LogP contribution in [-0.2, 0) is 12.7 Å². The molecule has 2 aromatic rings. The molecule has 4 nitrogen and oxygen atoms in total. The van der Waals surface area contributed by atoms with Crippen molar-refractivity contribution in [1.29, 1.82) is 5.26 Å². The second-order valence-corrected chi connectivity index (χ2v) is 2.91. The van der Waals surface area contributed by atoms with Crippen LogP contribution in [0.4, 0.5) is 13.2 Å². The number of rotatable bonds is 1. The molecule has 0 bridgehead atoms. The average Bonchev–Trinajstić information content (AvgIpc) is 2.65. The van der Waals surface area contributed by atoms with Crippen LogP contribution in [0.15, 0.2) is 18.5 Å². The Kier molecular flexibility index (Phi) is 1.93. The summed E-state index contributed by atoms with van der Waals surface area (Å²) in [4.78, 5) is 0. The van der Waals surface area contributed by atoms with E-state index in [4.69, 9.17) is 5.26 Å². The lowest BCUT2D eigenvalue weighted by Gasteiger charge is -1.99. The number of aromatic nitrogens is 3. The van der Waals surface area contributed by atoms with Crippen molar-refractivity contribution >= 4 is 5.65 Å². The number of hydrogen-bond donors (Lipinski definition) is 0. The van der Waals surface area contributed by atoms with E-state index < -0.39 is 11.9 Å². The Morgan fingerprint density at radius 2 is 2.13 bits per heavy atom. The van der Waals surface area contributed by atoms with E-state index in [1.165, 1.54) is 17.0 Å². The van der Waals surface area contributed by atoms with Gasteiger partial charge in [-0.25, -0.2) is 4.52 Å². The van der Waals surface area contributed by atoms with Crippen molar-refractivity contribution in [2.75, 3.05) is 0 Å². The second-order valence-electron chi connectivity index (χ2n) is 2.91. The molecule has 0 saturated heterocycles. The van der Waals surface area contributed by atoms with E-state index in [1.54, 1.807) is 0 Å². The van der Waals surface area contributed by atoms with Gasteiger partial charge in [0.2, 0.25) is 0 Å². The molecule has 0 aliphatic rings. The van der Waals surface area contributed by atoms with Crippen LogP contribution in [0.1, 0.15) is 5.69 Å². The minimum atomic E-state index is -4.45. The van der Waals surface area contributed by atoms with Crippen LogP contribution in [-0.4, -0.2) is 14.2 Å². The highest BCUT2D eigenvalue weighted by Crippen LogP contribution is 2.28. The minimum Gasteiger partial charge on any atom is -0.318 e. The molecule has 0 saturated carbocycles. The van der Waals surface area contributed by atoms with Crippen molar-refractivity contribution < 1.29 is 13.2 Å². The molecule has 0 unspecified atom stereocenters. The summed E-state index contributed by atoms with van der Waals surface area (Å²) in [5, 5.41) is 11.8. The molecule has 7 heteroatoms. The van der Waals surface area contributed by atoms with Gasteiger partial charge in [0.15, 0.2) is 5.69 Å². The molecule has 78 valence electrons. The highest BCUT2D eigenvalue weighted by Gasteiger charge is 2.34. The molecule has 0 fully saturated rings. The number of imidazole rings is 1. The number of alkyl halides is 3. The van der Waals surface area contributed by atoms with Crippen LogP contribution in [0.3, 0.4) is 0 Å². The van der Waals surface area contributed by atoms with Crippen molar-refractivity contribution in [2.45, 2.75) is 12.7 Å². The fourth-order valence-corrected chi connectivity index (χ4v) is 1.28. The average molecular weight is 214 g/mol. The maximum atomic E-state index is 12.3. The smallest absolute Gasteiger partial charge is 0.318 e. The van der Waals surface area contributed by atoms with Gasteiger partial charge in [-0.3, -0.25) is 0 Å². The first-order valence-electron chi connectivity index (χ1n) is 4.01. The molecule has 2 heterocycles. The van der Waals surface area contributed by atoms with Gasteiger partial charge in [-0.2, -0.15) is 23.5 Å². The minimum absolute atomic E-state index is 0.000505. The van der Waals surface area contributed by atoms with Crippen molar-refractivity contribution in [2.24, 2.45) is 0 Å². The summed E-state index contributed by atoms with van der Waals surface area (Å²) in [5.74, 6) is 0. The quantitative estimate of drug-likeness (QED) is 0.724. The van der Waals surface area contributed by atoms with E-state index in [2.05, 4.69) is 5.10 Å². The zero-order valence-corrected chi connectivity index (χ0v) is 7.36. The van der Waals surface area contributed by atoms with E-state index >= 15 is 0 Å². The Morgan fingerprint density at radius 1 is 1.40 bits per heavy atom. The summed E-state index contributed by atoms with van der Waals surface area (Å²) in [6.45, 7) is -0.000505. The summed E-state index contributed by atoms with van der Waals surface area (Å²) >= 11 is 0. The Balaban J connectivity index is 2.53. The standard InChI is InChI=1S/C8H5F3N4/c9-8(10,11)6-5-7-14(2-1-12)3-4-15(7)13-6/h3-5H,2H2. The lowest BCUT2D eigenvalue weighted by molar-refractivity contribution is -0.141. The van der Waals surface area contributed by atoms with Gasteiger partial charge in [-0.05, 0) is 0 Å². The van der Waals surface area contributed by atoms with E-state index in [1.807, 2.05) is 6.07 Å². The summed E-state index contributed by atoms with van der Waals surface area (Å²) < 4.78 is 39.3. The first-order valence-corrected chi connectivity index (χ1v) is 4.01. The van der Waals surface area contributed by atoms with Crippen LogP contribution in [0.2, 0.25) is 0 Å². The second kappa shape index (κ2) is 3.02. The Bertz CT molecular complexity index is 528. The van der Waals surface area contributed by atoms with E-state index in [0.717, 1.165) is 10.6 Å². The summed E-state index contributed by atoms with van der Waals surface area (Å²) in [6.07, 6.45) is -1.57. The molecule has 0 aliphatic heterocycles. The van der Waals surface area contributed by atoms with Crippen LogP contribution in [0.25, 0.3) is 5.65 Å². The number of hydrogen-bond acceptors (Lipinski definition) is 2.